The minimum atomic E-state index is -0.406. The molecule has 0 amide bonds. The monoisotopic (exact) mass is 590 g/mol. The topological polar surface area (TPSA) is 46.2 Å². The molecule has 1 aliphatic rings. The summed E-state index contributed by atoms with van der Waals surface area (Å²) >= 11 is 7.77. The van der Waals surface area contributed by atoms with Gasteiger partial charge in [-0.3, -0.25) is 0 Å². The van der Waals surface area contributed by atoms with E-state index in [-0.39, 0.29) is 23.7 Å². The average molecular weight is 591 g/mol. The molecule has 0 N–H and O–H groups in total. The highest BCUT2D eigenvalue weighted by atomic mass is 35.5. The lowest BCUT2D eigenvalue weighted by atomic mass is 9.99. The highest BCUT2D eigenvalue weighted by molar-refractivity contribution is 7.99. The zero-order valence-electron chi connectivity index (χ0n) is 23.2. The van der Waals surface area contributed by atoms with Crippen LogP contribution in [0.25, 0.3) is 0 Å². The Labute approximate surface area is 251 Å². The van der Waals surface area contributed by atoms with Crippen LogP contribution >= 0.6 is 23.4 Å². The first kappa shape index (κ1) is 29.6. The highest BCUT2D eigenvalue weighted by Crippen LogP contribution is 2.38. The lowest BCUT2D eigenvalue weighted by Gasteiger charge is -2.45. The number of methoxy groups -OCH3 is 1. The first-order valence-electron chi connectivity index (χ1n) is 13.7. The van der Waals surface area contributed by atoms with Gasteiger partial charge in [-0.25, -0.2) is 0 Å². The first-order valence-corrected chi connectivity index (χ1v) is 15.0. The van der Waals surface area contributed by atoms with Crippen LogP contribution in [0, 0.1) is 0 Å². The minimum Gasteiger partial charge on any atom is -0.497 e. The molecule has 0 bridgehead atoms. The molecular formula is C34H35ClO5S. The second-order valence-corrected chi connectivity index (χ2v) is 11.5. The molecule has 41 heavy (non-hydrogen) atoms. The van der Waals surface area contributed by atoms with Crippen molar-refractivity contribution >= 4 is 23.4 Å². The predicted octanol–water partition coefficient (Wildman–Crippen LogP) is 7.94. The van der Waals surface area contributed by atoms with E-state index in [1.54, 1.807) is 18.9 Å². The molecule has 1 heterocycles. The normalized spacial score (nSPS) is 22.4. The number of benzene rings is 4. The van der Waals surface area contributed by atoms with Gasteiger partial charge in [0.05, 0.1) is 33.0 Å². The Hall–Kier alpha value is -2.84. The van der Waals surface area contributed by atoms with Crippen molar-refractivity contribution in [3.63, 3.8) is 0 Å². The summed E-state index contributed by atoms with van der Waals surface area (Å²) in [5.41, 5.74) is 2.89. The predicted molar refractivity (Wildman–Crippen MR) is 163 cm³/mol. The fraction of sp³-hybridized carbons (Fsp3) is 0.294. The molecule has 5 nitrogen and oxygen atoms in total. The van der Waals surface area contributed by atoms with Gasteiger partial charge in [-0.05, 0) is 60.0 Å². The van der Waals surface area contributed by atoms with Gasteiger partial charge in [-0.15, -0.1) is 0 Å². The summed E-state index contributed by atoms with van der Waals surface area (Å²) in [5, 5.41) is 0.695. The summed E-state index contributed by atoms with van der Waals surface area (Å²) in [6, 6.07) is 36.0. The quantitative estimate of drug-likeness (QED) is 0.167. The van der Waals surface area contributed by atoms with E-state index in [0.29, 0.717) is 24.8 Å². The fourth-order valence-corrected chi connectivity index (χ4v) is 6.04. The van der Waals surface area contributed by atoms with Gasteiger partial charge in [-0.2, -0.15) is 0 Å². The molecule has 5 atom stereocenters. The van der Waals surface area contributed by atoms with E-state index in [0.717, 1.165) is 27.3 Å². The SMILES string of the molecule is COc1ccc(CO[C@H]2[C@@H](OCc3ccccc3)[C@H](OCc3ccccc3)[C@@H](Sc3ccc(Cl)cc3)O[C@H]2C)cc1. The molecule has 0 saturated carbocycles. The molecule has 1 saturated heterocycles. The van der Waals surface area contributed by atoms with Crippen LogP contribution in [-0.2, 0) is 38.8 Å². The van der Waals surface area contributed by atoms with E-state index >= 15 is 0 Å². The van der Waals surface area contributed by atoms with Crippen LogP contribution < -0.4 is 4.74 Å². The summed E-state index contributed by atoms with van der Waals surface area (Å²) in [6.07, 6.45) is -1.39. The molecule has 214 valence electrons. The summed E-state index contributed by atoms with van der Waals surface area (Å²) in [5.74, 6) is 0.809. The standard InChI is InChI=1S/C34H35ClO5S/c1-24-31(37-23-27-13-17-29(36-2)18-14-27)32(38-21-25-9-5-3-6-10-25)33(39-22-26-11-7-4-8-12-26)34(40-24)41-30-19-15-28(35)16-20-30/h3-20,24,31-34H,21-23H2,1-2H3/t24-,31+,32+,33-,34+/m0/s1. The second kappa shape index (κ2) is 14.9. The van der Waals surface area contributed by atoms with Crippen molar-refractivity contribution in [1.29, 1.82) is 0 Å². The molecule has 7 heteroatoms. The van der Waals surface area contributed by atoms with Gasteiger partial charge >= 0.3 is 0 Å². The molecule has 4 aromatic rings. The molecule has 0 aliphatic carbocycles. The molecule has 0 radical (unpaired) electrons. The van der Waals surface area contributed by atoms with Crippen molar-refractivity contribution in [3.05, 3.63) is 131 Å². The Balaban J connectivity index is 1.41. The van der Waals surface area contributed by atoms with Crippen LogP contribution in [0.4, 0.5) is 0 Å². The van der Waals surface area contributed by atoms with Crippen molar-refractivity contribution in [2.75, 3.05) is 7.11 Å². The van der Waals surface area contributed by atoms with Gasteiger partial charge in [0, 0.05) is 9.92 Å². The van der Waals surface area contributed by atoms with Gasteiger partial charge in [0.15, 0.2) is 0 Å². The van der Waals surface area contributed by atoms with Crippen LogP contribution in [-0.4, -0.2) is 37.0 Å². The lowest BCUT2D eigenvalue weighted by Crippen LogP contribution is -2.58. The van der Waals surface area contributed by atoms with Crippen LogP contribution in [0.15, 0.2) is 114 Å². The third kappa shape index (κ3) is 8.35. The van der Waals surface area contributed by atoms with Crippen LogP contribution in [0.2, 0.25) is 5.02 Å². The van der Waals surface area contributed by atoms with E-state index < -0.39 is 6.10 Å². The van der Waals surface area contributed by atoms with Crippen molar-refractivity contribution in [3.8, 4) is 5.75 Å². The molecule has 0 aromatic heterocycles. The van der Waals surface area contributed by atoms with Crippen molar-refractivity contribution < 1.29 is 23.7 Å². The summed E-state index contributed by atoms with van der Waals surface area (Å²) in [7, 11) is 1.66. The van der Waals surface area contributed by atoms with Crippen molar-refractivity contribution in [2.24, 2.45) is 0 Å². The molecule has 0 unspecified atom stereocenters. The number of halogens is 1. The second-order valence-electron chi connectivity index (χ2n) is 9.93. The maximum atomic E-state index is 6.68. The molecule has 1 fully saturated rings. The first-order chi connectivity index (χ1) is 20.1. The van der Waals surface area contributed by atoms with Crippen molar-refractivity contribution in [1.82, 2.24) is 0 Å². The Kier molecular flexibility index (Phi) is 10.8. The van der Waals surface area contributed by atoms with Crippen molar-refractivity contribution in [2.45, 2.75) is 61.5 Å². The largest absolute Gasteiger partial charge is 0.497 e. The van der Waals surface area contributed by atoms with Crippen LogP contribution in [0.3, 0.4) is 0 Å². The Bertz CT molecular complexity index is 1320. The fourth-order valence-electron chi connectivity index (χ4n) is 4.76. The summed E-state index contributed by atoms with van der Waals surface area (Å²) in [4.78, 5) is 1.04. The van der Waals surface area contributed by atoms with Gasteiger partial charge in [0.25, 0.3) is 0 Å². The number of rotatable bonds is 12. The number of hydrogen-bond acceptors (Lipinski definition) is 6. The number of ether oxygens (including phenoxy) is 5. The molecule has 1 aliphatic heterocycles. The van der Waals surface area contributed by atoms with Gasteiger partial charge in [0.2, 0.25) is 0 Å². The third-order valence-electron chi connectivity index (χ3n) is 6.97. The maximum absolute atomic E-state index is 6.68. The summed E-state index contributed by atoms with van der Waals surface area (Å²) in [6.45, 7) is 3.32. The van der Waals surface area contributed by atoms with Gasteiger partial charge < -0.3 is 23.7 Å². The Morgan fingerprint density at radius 1 is 0.634 bits per heavy atom. The van der Waals surface area contributed by atoms with E-state index in [4.69, 9.17) is 35.3 Å². The minimum absolute atomic E-state index is 0.240. The lowest BCUT2D eigenvalue weighted by molar-refractivity contribution is -0.242. The highest BCUT2D eigenvalue weighted by Gasteiger charge is 2.47. The van der Waals surface area contributed by atoms with E-state index in [1.165, 1.54) is 0 Å². The smallest absolute Gasteiger partial charge is 0.136 e. The maximum Gasteiger partial charge on any atom is 0.136 e. The van der Waals surface area contributed by atoms with Gasteiger partial charge in [-0.1, -0.05) is 96.2 Å². The zero-order chi connectivity index (χ0) is 28.4. The molecule has 4 aromatic carbocycles. The number of hydrogen-bond donors (Lipinski definition) is 0. The van der Waals surface area contributed by atoms with Crippen LogP contribution in [0.1, 0.15) is 23.6 Å². The van der Waals surface area contributed by atoms with E-state index in [2.05, 4.69) is 24.3 Å². The van der Waals surface area contributed by atoms with Gasteiger partial charge in [0.1, 0.15) is 29.5 Å². The molecule has 0 spiro atoms. The van der Waals surface area contributed by atoms with E-state index in [1.807, 2.05) is 91.9 Å². The molecular weight excluding hydrogens is 556 g/mol. The third-order valence-corrected chi connectivity index (χ3v) is 8.37. The zero-order valence-corrected chi connectivity index (χ0v) is 24.8. The Morgan fingerprint density at radius 3 is 1.71 bits per heavy atom. The molecule has 5 rings (SSSR count). The van der Waals surface area contributed by atoms with Crippen LogP contribution in [0.5, 0.6) is 5.75 Å². The average Bonchev–Trinajstić information content (AvgIpc) is 3.01. The number of thioether (sulfide) groups is 1. The Morgan fingerprint density at radius 2 is 1.15 bits per heavy atom. The summed E-state index contributed by atoms with van der Waals surface area (Å²) < 4.78 is 31.8. The van der Waals surface area contributed by atoms with E-state index in [9.17, 15) is 0 Å².